The first-order valence-electron chi connectivity index (χ1n) is 7.79. The Labute approximate surface area is 156 Å². The van der Waals surface area contributed by atoms with Gasteiger partial charge in [-0.25, -0.2) is 4.57 Å². The van der Waals surface area contributed by atoms with Gasteiger partial charge in [0.05, 0.1) is 6.61 Å². The molecular weight excluding hydrogens is 387 g/mol. The monoisotopic (exact) mass is 414 g/mol. The first-order valence-corrected chi connectivity index (χ1v) is 10.3. The first kappa shape index (κ1) is 25.0. The molecule has 152 valence electrons. The third-order valence-corrected chi connectivity index (χ3v) is 4.65. The lowest BCUT2D eigenvalue weighted by Crippen LogP contribution is -2.46. The van der Waals surface area contributed by atoms with Gasteiger partial charge in [0.15, 0.2) is 5.12 Å². The van der Waals surface area contributed by atoms with Gasteiger partial charge in [0.1, 0.15) is 6.10 Å². The zero-order valence-electron chi connectivity index (χ0n) is 15.3. The lowest BCUT2D eigenvalue weighted by atomic mass is 9.87. The van der Waals surface area contributed by atoms with E-state index in [1.807, 2.05) is 0 Å². The third-order valence-electron chi connectivity index (χ3n) is 3.39. The highest BCUT2D eigenvalue weighted by molar-refractivity contribution is 8.13. The number of nitrogens with one attached hydrogen (secondary N) is 1. The maximum atomic E-state index is 11.9. The minimum absolute atomic E-state index is 0.00561. The number of carbonyl (C=O) groups is 3. The number of phosphoric acid groups is 1. The number of aliphatic hydroxyl groups excluding tert-OH is 1. The van der Waals surface area contributed by atoms with E-state index in [0.717, 1.165) is 11.8 Å². The van der Waals surface area contributed by atoms with Gasteiger partial charge in [-0.05, 0) is 0 Å². The van der Waals surface area contributed by atoms with Crippen molar-refractivity contribution in [2.24, 2.45) is 5.41 Å². The minimum Gasteiger partial charge on any atom is -0.383 e. The molecule has 0 radical (unpaired) electrons. The molecule has 0 aliphatic heterocycles. The van der Waals surface area contributed by atoms with Crippen molar-refractivity contribution in [3.63, 3.8) is 0 Å². The molecule has 0 bridgehead atoms. The highest BCUT2D eigenvalue weighted by atomic mass is 32.2. The second kappa shape index (κ2) is 11.0. The van der Waals surface area contributed by atoms with Crippen molar-refractivity contribution in [1.29, 1.82) is 0 Å². The maximum Gasteiger partial charge on any atom is 0.469 e. The van der Waals surface area contributed by atoms with Gasteiger partial charge in [0.2, 0.25) is 11.8 Å². The Hall–Kier alpha value is -0.970. The molecule has 4 N–H and O–H groups in total. The van der Waals surface area contributed by atoms with E-state index in [1.54, 1.807) is 7.05 Å². The van der Waals surface area contributed by atoms with Crippen LogP contribution in [0.1, 0.15) is 27.2 Å². The summed E-state index contributed by atoms with van der Waals surface area (Å²) in [5, 5.41) is 12.4. The first-order chi connectivity index (χ1) is 11.8. The number of amides is 2. The quantitative estimate of drug-likeness (QED) is 0.334. The Bertz CT molecular complexity index is 551. The summed E-state index contributed by atoms with van der Waals surface area (Å²) in [5.41, 5.74) is -1.24. The molecule has 0 rings (SSSR count). The molecule has 26 heavy (non-hydrogen) atoms. The van der Waals surface area contributed by atoms with Crippen LogP contribution in [0, 0.1) is 5.41 Å². The molecule has 2 amide bonds. The summed E-state index contributed by atoms with van der Waals surface area (Å²) < 4.78 is 15.1. The van der Waals surface area contributed by atoms with Crippen molar-refractivity contribution in [3.05, 3.63) is 0 Å². The molecule has 0 aromatic heterocycles. The van der Waals surface area contributed by atoms with Gasteiger partial charge < -0.3 is 25.1 Å². The number of carbonyl (C=O) groups excluding carboxylic acids is 3. The fourth-order valence-electron chi connectivity index (χ4n) is 1.72. The van der Waals surface area contributed by atoms with Crippen molar-refractivity contribution in [1.82, 2.24) is 10.2 Å². The van der Waals surface area contributed by atoms with E-state index in [2.05, 4.69) is 9.84 Å². The number of rotatable bonds is 11. The summed E-state index contributed by atoms with van der Waals surface area (Å²) in [6.07, 6.45) is -1.56. The van der Waals surface area contributed by atoms with Crippen LogP contribution in [-0.4, -0.2) is 75.3 Å². The number of aliphatic hydroxyl groups is 1. The van der Waals surface area contributed by atoms with Crippen molar-refractivity contribution in [3.8, 4) is 0 Å². The molecule has 0 saturated heterocycles. The lowest BCUT2D eigenvalue weighted by Gasteiger charge is -2.29. The summed E-state index contributed by atoms with van der Waals surface area (Å²) in [7, 11) is -3.12. The highest BCUT2D eigenvalue weighted by Crippen LogP contribution is 2.38. The predicted octanol–water partition coefficient (Wildman–Crippen LogP) is -0.273. The van der Waals surface area contributed by atoms with E-state index in [9.17, 15) is 24.1 Å². The van der Waals surface area contributed by atoms with Gasteiger partial charge in [-0.3, -0.25) is 18.9 Å². The molecule has 0 aromatic rings. The topological polar surface area (TPSA) is 153 Å². The molecule has 0 spiro atoms. The number of phosphoric ester groups is 1. The van der Waals surface area contributed by atoms with Crippen LogP contribution in [0.5, 0.6) is 0 Å². The van der Waals surface area contributed by atoms with E-state index in [4.69, 9.17) is 9.79 Å². The molecule has 1 atom stereocenters. The van der Waals surface area contributed by atoms with Gasteiger partial charge in [0.25, 0.3) is 0 Å². The summed E-state index contributed by atoms with van der Waals surface area (Å²) in [5.74, 6) is -0.518. The summed E-state index contributed by atoms with van der Waals surface area (Å²) in [6.45, 7) is 4.14. The van der Waals surface area contributed by atoms with Gasteiger partial charge in [-0.2, -0.15) is 0 Å². The van der Waals surface area contributed by atoms with E-state index >= 15 is 0 Å². The Morgan fingerprint density at radius 1 is 1.31 bits per heavy atom. The fourth-order valence-corrected chi connectivity index (χ4v) is 2.87. The standard InChI is InChI=1S/C14H27N2O8PS/c1-10(17)26-8-7-16(4)11(18)5-6-15-13(20)12(19)14(2,3)9-24-25(21,22)23/h12,19H,5-9H2,1-4H3,(H,15,20)(H2,21,22,23)/t12-/m0/s1. The maximum absolute atomic E-state index is 11.9. The van der Waals surface area contributed by atoms with Crippen molar-refractivity contribution >= 4 is 36.5 Å². The molecular formula is C14H27N2O8PS. The van der Waals surface area contributed by atoms with E-state index in [1.165, 1.54) is 25.7 Å². The fraction of sp³-hybridized carbons (Fsp3) is 0.786. The van der Waals surface area contributed by atoms with Crippen LogP contribution in [0.4, 0.5) is 0 Å². The van der Waals surface area contributed by atoms with E-state index in [-0.39, 0.29) is 24.0 Å². The summed E-state index contributed by atoms with van der Waals surface area (Å²) >= 11 is 1.12. The SMILES string of the molecule is CC(=O)SCCN(C)C(=O)CCNC(=O)[C@H](O)C(C)(C)COP(=O)(O)O. The minimum atomic E-state index is -4.71. The third kappa shape index (κ3) is 10.9. The average molecular weight is 414 g/mol. The smallest absolute Gasteiger partial charge is 0.383 e. The second-order valence-electron chi connectivity index (χ2n) is 6.35. The normalized spacial score (nSPS) is 13.2. The Kier molecular flexibility index (Phi) is 10.6. The molecule has 0 aliphatic carbocycles. The summed E-state index contributed by atoms with van der Waals surface area (Å²) in [4.78, 5) is 53.5. The van der Waals surface area contributed by atoms with Crippen LogP contribution in [0.15, 0.2) is 0 Å². The highest BCUT2D eigenvalue weighted by Gasteiger charge is 2.35. The Morgan fingerprint density at radius 3 is 2.38 bits per heavy atom. The van der Waals surface area contributed by atoms with Crippen LogP contribution in [0.25, 0.3) is 0 Å². The zero-order chi connectivity index (χ0) is 20.5. The Morgan fingerprint density at radius 2 is 1.88 bits per heavy atom. The zero-order valence-corrected chi connectivity index (χ0v) is 17.0. The molecule has 0 fully saturated rings. The summed E-state index contributed by atoms with van der Waals surface area (Å²) in [6, 6.07) is 0. The second-order valence-corrected chi connectivity index (χ2v) is 8.86. The van der Waals surface area contributed by atoms with Crippen LogP contribution in [0.2, 0.25) is 0 Å². The predicted molar refractivity (Wildman–Crippen MR) is 96.2 cm³/mol. The molecule has 0 heterocycles. The number of nitrogens with zero attached hydrogens (tertiary/aromatic N) is 1. The van der Waals surface area contributed by atoms with Crippen LogP contribution < -0.4 is 5.32 Å². The van der Waals surface area contributed by atoms with E-state index < -0.39 is 31.9 Å². The molecule has 0 aliphatic rings. The molecule has 0 aromatic carbocycles. The molecule has 0 saturated carbocycles. The molecule has 0 unspecified atom stereocenters. The number of hydrogen-bond donors (Lipinski definition) is 4. The molecule has 12 heteroatoms. The number of hydrogen-bond acceptors (Lipinski definition) is 7. The largest absolute Gasteiger partial charge is 0.469 e. The average Bonchev–Trinajstić information content (AvgIpc) is 2.50. The number of thioether (sulfide) groups is 1. The van der Waals surface area contributed by atoms with Gasteiger partial charge in [-0.1, -0.05) is 25.6 Å². The molecule has 10 nitrogen and oxygen atoms in total. The van der Waals surface area contributed by atoms with Crippen molar-refractivity contribution < 1.29 is 38.4 Å². The van der Waals surface area contributed by atoms with Crippen LogP contribution in [0.3, 0.4) is 0 Å². The van der Waals surface area contributed by atoms with Gasteiger partial charge in [-0.15, -0.1) is 0 Å². The van der Waals surface area contributed by atoms with Crippen LogP contribution in [-0.2, 0) is 23.5 Å². The van der Waals surface area contributed by atoms with Crippen molar-refractivity contribution in [2.45, 2.75) is 33.3 Å². The van der Waals surface area contributed by atoms with Gasteiger partial charge >= 0.3 is 7.82 Å². The Balaban J connectivity index is 4.28. The van der Waals surface area contributed by atoms with Crippen molar-refractivity contribution in [2.75, 3.05) is 32.5 Å². The van der Waals surface area contributed by atoms with Crippen LogP contribution >= 0.6 is 19.6 Å². The van der Waals surface area contributed by atoms with E-state index in [0.29, 0.717) is 12.3 Å². The van der Waals surface area contributed by atoms with Gasteiger partial charge in [0, 0.05) is 44.6 Å². The lowest BCUT2D eigenvalue weighted by molar-refractivity contribution is -0.137.